The third-order valence-corrected chi connectivity index (χ3v) is 1.53. The Morgan fingerprint density at radius 3 is 2.82 bits per heavy atom. The van der Waals surface area contributed by atoms with Gasteiger partial charge in [0.1, 0.15) is 6.29 Å². The summed E-state index contributed by atoms with van der Waals surface area (Å²) in [4.78, 5) is 14.5. The van der Waals surface area contributed by atoms with E-state index in [9.17, 15) is 4.79 Å². The fraction of sp³-hybridized carbons (Fsp3) is 0.333. The minimum Gasteiger partial charge on any atom is -0.298 e. The molecule has 0 saturated carbocycles. The van der Waals surface area contributed by atoms with Gasteiger partial charge in [0.15, 0.2) is 0 Å². The van der Waals surface area contributed by atoms with Crippen molar-refractivity contribution in [1.82, 2.24) is 4.98 Å². The van der Waals surface area contributed by atoms with Gasteiger partial charge in [-0.25, -0.2) is 0 Å². The van der Waals surface area contributed by atoms with Crippen LogP contribution in [0.15, 0.2) is 18.3 Å². The predicted octanol–water partition coefficient (Wildman–Crippen LogP) is 2.02. The standard InChI is InChI=1S/C9H11NO/c1-7(2)9-5-8(6-11)3-4-10-9/h3-7H,1-2H3. The molecule has 1 rings (SSSR count). The number of carbonyl (C=O) groups excluding carboxylic acids is 1. The fourth-order valence-corrected chi connectivity index (χ4v) is 0.855. The van der Waals surface area contributed by atoms with E-state index in [0.717, 1.165) is 12.0 Å². The van der Waals surface area contributed by atoms with Crippen molar-refractivity contribution in [3.8, 4) is 0 Å². The molecular formula is C9H11NO. The van der Waals surface area contributed by atoms with E-state index in [1.54, 1.807) is 12.3 Å². The lowest BCUT2D eigenvalue weighted by Crippen LogP contribution is -1.93. The number of rotatable bonds is 2. The first kappa shape index (κ1) is 7.92. The molecule has 0 aromatic carbocycles. The van der Waals surface area contributed by atoms with Gasteiger partial charge >= 0.3 is 0 Å². The van der Waals surface area contributed by atoms with Crippen molar-refractivity contribution in [2.24, 2.45) is 0 Å². The molecule has 2 heteroatoms. The normalized spacial score (nSPS) is 10.1. The second-order valence-electron chi connectivity index (χ2n) is 2.79. The van der Waals surface area contributed by atoms with Crippen LogP contribution in [0, 0.1) is 0 Å². The zero-order valence-corrected chi connectivity index (χ0v) is 6.74. The SMILES string of the molecule is CC(C)c1cc(C=O)ccn1. The fourth-order valence-electron chi connectivity index (χ4n) is 0.855. The Morgan fingerprint density at radius 2 is 2.27 bits per heavy atom. The first-order chi connectivity index (χ1) is 5.24. The van der Waals surface area contributed by atoms with Gasteiger partial charge in [-0.05, 0) is 18.1 Å². The highest BCUT2D eigenvalue weighted by atomic mass is 16.1. The molecular weight excluding hydrogens is 138 g/mol. The van der Waals surface area contributed by atoms with Crippen LogP contribution in [0.1, 0.15) is 35.8 Å². The van der Waals surface area contributed by atoms with Crippen molar-refractivity contribution >= 4 is 6.29 Å². The summed E-state index contributed by atoms with van der Waals surface area (Å²) in [5, 5.41) is 0. The Bertz CT molecular complexity index is 255. The summed E-state index contributed by atoms with van der Waals surface area (Å²) in [6.07, 6.45) is 2.51. The second kappa shape index (κ2) is 3.28. The predicted molar refractivity (Wildman–Crippen MR) is 43.7 cm³/mol. The highest BCUT2D eigenvalue weighted by Gasteiger charge is 1.99. The van der Waals surface area contributed by atoms with Gasteiger partial charge in [-0.15, -0.1) is 0 Å². The Morgan fingerprint density at radius 1 is 1.55 bits per heavy atom. The van der Waals surface area contributed by atoms with Crippen LogP contribution in [0.2, 0.25) is 0 Å². The number of hydrogen-bond donors (Lipinski definition) is 0. The Balaban J connectivity index is 3.00. The highest BCUT2D eigenvalue weighted by Crippen LogP contribution is 2.10. The van der Waals surface area contributed by atoms with Crippen molar-refractivity contribution in [3.63, 3.8) is 0 Å². The second-order valence-corrected chi connectivity index (χ2v) is 2.79. The van der Waals surface area contributed by atoms with Crippen LogP contribution < -0.4 is 0 Å². The smallest absolute Gasteiger partial charge is 0.150 e. The molecule has 11 heavy (non-hydrogen) atoms. The summed E-state index contributed by atoms with van der Waals surface area (Å²) < 4.78 is 0. The van der Waals surface area contributed by atoms with Gasteiger partial charge < -0.3 is 0 Å². The first-order valence-electron chi connectivity index (χ1n) is 3.65. The number of aromatic nitrogens is 1. The number of nitrogens with zero attached hydrogens (tertiary/aromatic N) is 1. The maximum absolute atomic E-state index is 10.4. The number of hydrogen-bond acceptors (Lipinski definition) is 2. The lowest BCUT2D eigenvalue weighted by molar-refractivity contribution is 0.112. The summed E-state index contributed by atoms with van der Waals surface area (Å²) in [5.74, 6) is 0.384. The molecule has 0 aliphatic heterocycles. The molecule has 0 unspecified atom stereocenters. The Kier molecular flexibility index (Phi) is 2.36. The Hall–Kier alpha value is -1.18. The maximum atomic E-state index is 10.4. The molecule has 0 saturated heterocycles. The van der Waals surface area contributed by atoms with Gasteiger partial charge in [0.2, 0.25) is 0 Å². The Labute approximate surface area is 66.3 Å². The minimum absolute atomic E-state index is 0.384. The highest BCUT2D eigenvalue weighted by molar-refractivity contribution is 5.74. The van der Waals surface area contributed by atoms with Gasteiger partial charge in [0.25, 0.3) is 0 Å². The molecule has 0 radical (unpaired) electrons. The molecule has 0 atom stereocenters. The summed E-state index contributed by atoms with van der Waals surface area (Å²) in [6, 6.07) is 3.52. The summed E-state index contributed by atoms with van der Waals surface area (Å²) >= 11 is 0. The van der Waals surface area contributed by atoms with Crippen molar-refractivity contribution in [2.45, 2.75) is 19.8 Å². The number of aldehydes is 1. The van der Waals surface area contributed by atoms with Crippen LogP contribution in [-0.4, -0.2) is 11.3 Å². The van der Waals surface area contributed by atoms with E-state index in [1.165, 1.54) is 0 Å². The average molecular weight is 149 g/mol. The summed E-state index contributed by atoms with van der Waals surface area (Å²) in [7, 11) is 0. The first-order valence-corrected chi connectivity index (χ1v) is 3.65. The summed E-state index contributed by atoms with van der Waals surface area (Å²) in [5.41, 5.74) is 1.67. The third-order valence-electron chi connectivity index (χ3n) is 1.53. The molecule has 0 amide bonds. The van der Waals surface area contributed by atoms with Crippen molar-refractivity contribution in [3.05, 3.63) is 29.6 Å². The molecule has 0 N–H and O–H groups in total. The monoisotopic (exact) mass is 149 g/mol. The molecule has 0 spiro atoms. The lowest BCUT2D eigenvalue weighted by Gasteiger charge is -2.02. The molecule has 1 aromatic heterocycles. The van der Waals surface area contributed by atoms with Gasteiger partial charge in [0.05, 0.1) is 0 Å². The largest absolute Gasteiger partial charge is 0.298 e. The van der Waals surface area contributed by atoms with Crippen molar-refractivity contribution < 1.29 is 4.79 Å². The van der Waals surface area contributed by atoms with Crippen LogP contribution in [0.3, 0.4) is 0 Å². The van der Waals surface area contributed by atoms with E-state index >= 15 is 0 Å². The quantitative estimate of drug-likeness (QED) is 0.602. The molecule has 2 nitrogen and oxygen atoms in total. The molecule has 0 aliphatic rings. The maximum Gasteiger partial charge on any atom is 0.150 e. The molecule has 1 aromatic rings. The zero-order valence-electron chi connectivity index (χ0n) is 6.74. The topological polar surface area (TPSA) is 30.0 Å². The van der Waals surface area contributed by atoms with E-state index in [2.05, 4.69) is 18.8 Å². The molecule has 0 fully saturated rings. The summed E-state index contributed by atoms with van der Waals surface area (Å²) in [6.45, 7) is 4.10. The van der Waals surface area contributed by atoms with E-state index in [0.29, 0.717) is 11.5 Å². The van der Waals surface area contributed by atoms with Gasteiger partial charge in [-0.3, -0.25) is 9.78 Å². The molecule has 0 aliphatic carbocycles. The van der Waals surface area contributed by atoms with E-state index < -0.39 is 0 Å². The lowest BCUT2D eigenvalue weighted by atomic mass is 10.1. The van der Waals surface area contributed by atoms with Crippen LogP contribution >= 0.6 is 0 Å². The van der Waals surface area contributed by atoms with E-state index in [1.807, 2.05) is 6.07 Å². The molecule has 58 valence electrons. The molecule has 1 heterocycles. The third kappa shape index (κ3) is 1.87. The van der Waals surface area contributed by atoms with Crippen LogP contribution in [0.4, 0.5) is 0 Å². The number of pyridine rings is 1. The minimum atomic E-state index is 0.384. The van der Waals surface area contributed by atoms with Crippen molar-refractivity contribution in [2.75, 3.05) is 0 Å². The van der Waals surface area contributed by atoms with Crippen LogP contribution in [0.5, 0.6) is 0 Å². The van der Waals surface area contributed by atoms with Gasteiger partial charge in [-0.1, -0.05) is 13.8 Å². The average Bonchev–Trinajstić information content (AvgIpc) is 2.05. The van der Waals surface area contributed by atoms with Gasteiger partial charge in [0, 0.05) is 17.5 Å². The zero-order chi connectivity index (χ0) is 8.27. The van der Waals surface area contributed by atoms with Crippen molar-refractivity contribution in [1.29, 1.82) is 0 Å². The van der Waals surface area contributed by atoms with Crippen LogP contribution in [0.25, 0.3) is 0 Å². The van der Waals surface area contributed by atoms with Gasteiger partial charge in [-0.2, -0.15) is 0 Å². The van der Waals surface area contributed by atoms with E-state index in [-0.39, 0.29) is 0 Å². The molecule has 0 bridgehead atoms. The van der Waals surface area contributed by atoms with Crippen LogP contribution in [-0.2, 0) is 0 Å². The number of carbonyl (C=O) groups is 1. The van der Waals surface area contributed by atoms with E-state index in [4.69, 9.17) is 0 Å².